The highest BCUT2D eigenvalue weighted by atomic mass is 16.2. The third-order valence-electron chi connectivity index (χ3n) is 3.12. The number of anilines is 2. The standard InChI is InChI=1S/C14H21N5O/c1-5-19-8-9(15)6-10(19)13(20)16-12-7-11(17-18-12)14(2,3)4/h6-8H,5,15H2,1-4H3,(H2,16,17,18,20). The van der Waals surface area contributed by atoms with Crippen LogP contribution < -0.4 is 11.1 Å². The van der Waals surface area contributed by atoms with Crippen LogP contribution in [-0.4, -0.2) is 20.7 Å². The summed E-state index contributed by atoms with van der Waals surface area (Å²) in [7, 11) is 0. The normalized spacial score (nSPS) is 11.6. The first-order valence-corrected chi connectivity index (χ1v) is 6.64. The van der Waals surface area contributed by atoms with Crippen LogP contribution in [0.4, 0.5) is 11.5 Å². The van der Waals surface area contributed by atoms with Gasteiger partial charge in [-0.05, 0) is 13.0 Å². The number of aromatic nitrogens is 3. The molecule has 6 nitrogen and oxygen atoms in total. The number of H-pyrrole nitrogens is 1. The number of nitrogens with one attached hydrogen (secondary N) is 2. The molecule has 0 aliphatic rings. The van der Waals surface area contributed by atoms with E-state index in [-0.39, 0.29) is 11.3 Å². The van der Waals surface area contributed by atoms with E-state index in [0.717, 1.165) is 5.69 Å². The minimum absolute atomic E-state index is 0.0377. The van der Waals surface area contributed by atoms with Crippen LogP contribution in [0, 0.1) is 0 Å². The van der Waals surface area contributed by atoms with Crippen molar-refractivity contribution in [2.24, 2.45) is 0 Å². The van der Waals surface area contributed by atoms with Crippen molar-refractivity contribution in [1.82, 2.24) is 14.8 Å². The molecule has 0 saturated carbocycles. The van der Waals surface area contributed by atoms with Crippen molar-refractivity contribution >= 4 is 17.4 Å². The van der Waals surface area contributed by atoms with Gasteiger partial charge in [-0.25, -0.2) is 0 Å². The quantitative estimate of drug-likeness (QED) is 0.803. The van der Waals surface area contributed by atoms with Gasteiger partial charge in [0.05, 0.1) is 5.69 Å². The SMILES string of the molecule is CCn1cc(N)cc1C(=O)Nc1cc(C(C)(C)C)[nH]n1. The third-order valence-corrected chi connectivity index (χ3v) is 3.12. The van der Waals surface area contributed by atoms with Crippen LogP contribution in [0.1, 0.15) is 43.9 Å². The van der Waals surface area contributed by atoms with Crippen LogP contribution in [0.15, 0.2) is 18.3 Å². The van der Waals surface area contributed by atoms with Gasteiger partial charge in [-0.15, -0.1) is 0 Å². The summed E-state index contributed by atoms with van der Waals surface area (Å²) in [6.07, 6.45) is 1.75. The minimum Gasteiger partial charge on any atom is -0.397 e. The average Bonchev–Trinajstić information content (AvgIpc) is 2.94. The first-order chi connectivity index (χ1) is 9.31. The number of hydrogen-bond donors (Lipinski definition) is 3. The maximum absolute atomic E-state index is 12.2. The summed E-state index contributed by atoms with van der Waals surface area (Å²) in [5.74, 6) is 0.304. The summed E-state index contributed by atoms with van der Waals surface area (Å²) in [4.78, 5) is 12.2. The summed E-state index contributed by atoms with van der Waals surface area (Å²) in [5.41, 5.74) is 7.77. The van der Waals surface area contributed by atoms with Crippen LogP contribution in [0.3, 0.4) is 0 Å². The number of carbonyl (C=O) groups excluding carboxylic acids is 1. The highest BCUT2D eigenvalue weighted by Crippen LogP contribution is 2.22. The van der Waals surface area contributed by atoms with E-state index in [4.69, 9.17) is 5.73 Å². The van der Waals surface area contributed by atoms with Crippen molar-refractivity contribution in [1.29, 1.82) is 0 Å². The van der Waals surface area contributed by atoms with Crippen LogP contribution in [0.25, 0.3) is 0 Å². The zero-order chi connectivity index (χ0) is 14.9. The zero-order valence-corrected chi connectivity index (χ0v) is 12.3. The van der Waals surface area contributed by atoms with E-state index in [1.807, 2.05) is 17.6 Å². The van der Waals surface area contributed by atoms with Gasteiger partial charge in [-0.1, -0.05) is 20.8 Å². The second-order valence-electron chi connectivity index (χ2n) is 5.82. The van der Waals surface area contributed by atoms with Gasteiger partial charge in [-0.2, -0.15) is 5.10 Å². The van der Waals surface area contributed by atoms with E-state index in [1.54, 1.807) is 12.3 Å². The molecule has 0 aromatic carbocycles. The fourth-order valence-electron chi connectivity index (χ4n) is 1.94. The van der Waals surface area contributed by atoms with E-state index in [9.17, 15) is 4.79 Å². The van der Waals surface area contributed by atoms with Crippen molar-refractivity contribution in [3.05, 3.63) is 29.7 Å². The first-order valence-electron chi connectivity index (χ1n) is 6.64. The van der Waals surface area contributed by atoms with Crippen LogP contribution in [0.2, 0.25) is 0 Å². The maximum atomic E-state index is 12.2. The van der Waals surface area contributed by atoms with Gasteiger partial charge in [0.1, 0.15) is 5.69 Å². The predicted octanol–water partition coefficient (Wildman–Crippen LogP) is 2.36. The van der Waals surface area contributed by atoms with E-state index in [0.29, 0.717) is 23.7 Å². The highest BCUT2D eigenvalue weighted by molar-refractivity contribution is 6.03. The Hall–Kier alpha value is -2.24. The van der Waals surface area contributed by atoms with Crippen molar-refractivity contribution in [2.75, 3.05) is 11.1 Å². The van der Waals surface area contributed by atoms with Crippen LogP contribution in [0.5, 0.6) is 0 Å². The monoisotopic (exact) mass is 275 g/mol. The van der Waals surface area contributed by atoms with E-state index < -0.39 is 0 Å². The lowest BCUT2D eigenvalue weighted by Gasteiger charge is -2.14. The van der Waals surface area contributed by atoms with Gasteiger partial charge in [0, 0.05) is 29.9 Å². The lowest BCUT2D eigenvalue weighted by Crippen LogP contribution is -2.16. The molecule has 0 radical (unpaired) electrons. The molecule has 0 bridgehead atoms. The summed E-state index contributed by atoms with van der Waals surface area (Å²) >= 11 is 0. The van der Waals surface area contributed by atoms with Gasteiger partial charge in [0.25, 0.3) is 5.91 Å². The summed E-state index contributed by atoms with van der Waals surface area (Å²) in [5, 5.41) is 9.83. The van der Waals surface area contributed by atoms with Crippen molar-refractivity contribution in [3.8, 4) is 0 Å². The summed E-state index contributed by atoms with van der Waals surface area (Å²) < 4.78 is 1.81. The van der Waals surface area contributed by atoms with Gasteiger partial charge in [0.15, 0.2) is 5.82 Å². The molecule has 0 aliphatic heterocycles. The lowest BCUT2D eigenvalue weighted by atomic mass is 9.92. The molecule has 108 valence electrons. The number of rotatable bonds is 3. The molecular formula is C14H21N5O. The first kappa shape index (κ1) is 14.2. The Kier molecular flexibility index (Phi) is 3.57. The molecule has 1 amide bonds. The molecule has 0 aliphatic carbocycles. The Bertz CT molecular complexity index is 618. The molecule has 6 heteroatoms. The number of nitrogen functional groups attached to an aromatic ring is 1. The second kappa shape index (κ2) is 5.03. The minimum atomic E-state index is -0.212. The fourth-order valence-corrected chi connectivity index (χ4v) is 1.94. The Labute approximate surface area is 118 Å². The Morgan fingerprint density at radius 3 is 2.70 bits per heavy atom. The van der Waals surface area contributed by atoms with Crippen molar-refractivity contribution in [2.45, 2.75) is 39.7 Å². The molecule has 0 spiro atoms. The van der Waals surface area contributed by atoms with Gasteiger partial charge < -0.3 is 15.6 Å². The Balaban J connectivity index is 2.17. The van der Waals surface area contributed by atoms with Gasteiger partial charge in [0.2, 0.25) is 0 Å². The number of nitrogens with two attached hydrogens (primary N) is 1. The van der Waals surface area contributed by atoms with Crippen molar-refractivity contribution in [3.63, 3.8) is 0 Å². The van der Waals surface area contributed by atoms with Crippen LogP contribution >= 0.6 is 0 Å². The lowest BCUT2D eigenvalue weighted by molar-refractivity contribution is 0.101. The Morgan fingerprint density at radius 1 is 1.45 bits per heavy atom. The predicted molar refractivity (Wildman–Crippen MR) is 79.8 cm³/mol. The number of hydrogen-bond acceptors (Lipinski definition) is 3. The molecule has 2 rings (SSSR count). The third kappa shape index (κ3) is 2.84. The zero-order valence-electron chi connectivity index (χ0n) is 12.3. The van der Waals surface area contributed by atoms with Crippen molar-refractivity contribution < 1.29 is 4.79 Å². The van der Waals surface area contributed by atoms with Crippen LogP contribution in [-0.2, 0) is 12.0 Å². The molecule has 0 fully saturated rings. The molecule has 0 saturated heterocycles. The van der Waals surface area contributed by atoms with Gasteiger partial charge in [-0.3, -0.25) is 9.89 Å². The molecule has 2 aromatic heterocycles. The number of amides is 1. The number of aromatic amines is 1. The molecule has 4 N–H and O–H groups in total. The fraction of sp³-hybridized carbons (Fsp3) is 0.429. The van der Waals surface area contributed by atoms with E-state index in [2.05, 4.69) is 36.3 Å². The van der Waals surface area contributed by atoms with E-state index >= 15 is 0 Å². The molecular weight excluding hydrogens is 254 g/mol. The molecule has 2 heterocycles. The largest absolute Gasteiger partial charge is 0.397 e. The van der Waals surface area contributed by atoms with Gasteiger partial charge >= 0.3 is 0 Å². The second-order valence-corrected chi connectivity index (χ2v) is 5.82. The molecule has 0 atom stereocenters. The molecule has 0 unspecified atom stereocenters. The van der Waals surface area contributed by atoms with E-state index in [1.165, 1.54) is 0 Å². The summed E-state index contributed by atoms with van der Waals surface area (Å²) in [6.45, 7) is 8.88. The smallest absolute Gasteiger partial charge is 0.273 e. The number of carbonyl (C=O) groups is 1. The highest BCUT2D eigenvalue weighted by Gasteiger charge is 2.18. The molecule has 20 heavy (non-hydrogen) atoms. The topological polar surface area (TPSA) is 88.7 Å². The molecule has 2 aromatic rings. The number of aryl methyl sites for hydroxylation is 1. The average molecular weight is 275 g/mol. The Morgan fingerprint density at radius 2 is 2.15 bits per heavy atom. The summed E-state index contributed by atoms with van der Waals surface area (Å²) in [6, 6.07) is 3.51. The maximum Gasteiger partial charge on any atom is 0.273 e. The number of nitrogens with zero attached hydrogens (tertiary/aromatic N) is 2.